The normalized spacial score (nSPS) is 24.8. The van der Waals surface area contributed by atoms with E-state index in [1.54, 1.807) is 32.2 Å². The number of aromatic nitrogens is 3. The van der Waals surface area contributed by atoms with E-state index in [0.29, 0.717) is 43.3 Å². The van der Waals surface area contributed by atoms with Gasteiger partial charge >= 0.3 is 6.09 Å². The highest BCUT2D eigenvalue weighted by Gasteiger charge is 2.61. The van der Waals surface area contributed by atoms with Gasteiger partial charge in [0.1, 0.15) is 22.9 Å². The Labute approximate surface area is 266 Å². The van der Waals surface area contributed by atoms with Crippen LogP contribution in [0.2, 0.25) is 5.02 Å². The summed E-state index contributed by atoms with van der Waals surface area (Å²) in [5.74, 6) is 0.296. The van der Waals surface area contributed by atoms with Gasteiger partial charge in [0.05, 0.1) is 11.6 Å². The van der Waals surface area contributed by atoms with Gasteiger partial charge in [-0.3, -0.25) is 14.0 Å². The number of piperazine rings is 1. The number of halogens is 2. The minimum atomic E-state index is -0.591. The van der Waals surface area contributed by atoms with E-state index < -0.39 is 22.9 Å². The number of amides is 2. The van der Waals surface area contributed by atoms with E-state index in [1.807, 2.05) is 30.6 Å². The van der Waals surface area contributed by atoms with Crippen LogP contribution in [0.15, 0.2) is 29.2 Å². The number of hydrogen-bond acceptors (Lipinski definition) is 7. The van der Waals surface area contributed by atoms with Gasteiger partial charge in [-0.25, -0.2) is 19.2 Å². The van der Waals surface area contributed by atoms with Gasteiger partial charge < -0.3 is 19.9 Å². The maximum absolute atomic E-state index is 15.2. The average Bonchev–Trinajstić information content (AvgIpc) is 3.44. The Balaban J connectivity index is 1.23. The molecule has 2 saturated carbocycles. The van der Waals surface area contributed by atoms with Crippen LogP contribution in [0.3, 0.4) is 0 Å². The van der Waals surface area contributed by atoms with Crippen molar-refractivity contribution >= 4 is 35.1 Å². The van der Waals surface area contributed by atoms with Crippen molar-refractivity contribution in [2.45, 2.75) is 72.4 Å². The number of alkyl carbamates (subject to hydrolysis) is 1. The van der Waals surface area contributed by atoms with E-state index in [4.69, 9.17) is 21.3 Å². The van der Waals surface area contributed by atoms with Crippen molar-refractivity contribution in [1.82, 2.24) is 24.6 Å². The molecule has 1 N–H and O–H groups in total. The molecule has 3 heterocycles. The second kappa shape index (κ2) is 11.3. The largest absolute Gasteiger partial charge is 0.444 e. The summed E-state index contributed by atoms with van der Waals surface area (Å²) in [6.45, 7) is 13.0. The van der Waals surface area contributed by atoms with Crippen molar-refractivity contribution in [2.24, 2.45) is 17.3 Å². The van der Waals surface area contributed by atoms with Crippen LogP contribution in [0.25, 0.3) is 16.9 Å². The predicted octanol–water partition coefficient (Wildman–Crippen LogP) is 5.14. The van der Waals surface area contributed by atoms with Crippen molar-refractivity contribution in [2.75, 3.05) is 31.1 Å². The number of benzene rings is 1. The van der Waals surface area contributed by atoms with Crippen molar-refractivity contribution in [3.8, 4) is 11.3 Å². The molecule has 0 radical (unpaired) electrons. The molecule has 3 aromatic rings. The molecular formula is C33H40ClFN6O4. The van der Waals surface area contributed by atoms with Gasteiger partial charge in [-0.2, -0.15) is 0 Å². The smallest absolute Gasteiger partial charge is 0.407 e. The average molecular weight is 639 g/mol. The van der Waals surface area contributed by atoms with Gasteiger partial charge in [0.2, 0.25) is 5.91 Å². The Kier molecular flexibility index (Phi) is 7.82. The molecule has 240 valence electrons. The Bertz CT molecular complexity index is 1750. The summed E-state index contributed by atoms with van der Waals surface area (Å²) >= 11 is 6.02. The van der Waals surface area contributed by atoms with Crippen LogP contribution in [0.1, 0.15) is 58.2 Å². The molecule has 0 spiro atoms. The Hall–Kier alpha value is -3.73. The van der Waals surface area contributed by atoms with Gasteiger partial charge in [-0.1, -0.05) is 18.5 Å². The maximum Gasteiger partial charge on any atom is 0.407 e. The fourth-order valence-corrected chi connectivity index (χ4v) is 7.66. The molecule has 10 nitrogen and oxygen atoms in total. The first kappa shape index (κ1) is 31.3. The first-order chi connectivity index (χ1) is 21.2. The predicted molar refractivity (Wildman–Crippen MR) is 170 cm³/mol. The Morgan fingerprint density at radius 2 is 1.82 bits per heavy atom. The first-order valence-corrected chi connectivity index (χ1v) is 15.9. The highest BCUT2D eigenvalue weighted by molar-refractivity contribution is 6.30. The van der Waals surface area contributed by atoms with Crippen molar-refractivity contribution in [3.63, 3.8) is 0 Å². The van der Waals surface area contributed by atoms with Crippen LogP contribution in [-0.4, -0.2) is 69.1 Å². The SMILES string of the molecule is Cc1nc2c(-c3ccc(Cl)cc3F)nc(N3CCN(C(=O)[C@]4(C)C5CCC4[C@H](NC(=O)OC(C)(C)C)C5)CC3)cn2c(=O)c1C. The summed E-state index contributed by atoms with van der Waals surface area (Å²) in [6, 6.07) is 4.25. The summed E-state index contributed by atoms with van der Waals surface area (Å²) in [4.78, 5) is 53.4. The van der Waals surface area contributed by atoms with E-state index in [2.05, 4.69) is 17.2 Å². The number of hydrogen-bond donors (Lipinski definition) is 1. The van der Waals surface area contributed by atoms with Crippen molar-refractivity contribution < 1.29 is 18.7 Å². The van der Waals surface area contributed by atoms with Gasteiger partial charge in [-0.05, 0) is 83.9 Å². The number of anilines is 1. The zero-order valence-electron chi connectivity index (χ0n) is 26.6. The van der Waals surface area contributed by atoms with Crippen molar-refractivity contribution in [3.05, 3.63) is 56.8 Å². The molecule has 2 amide bonds. The van der Waals surface area contributed by atoms with Crippen LogP contribution in [0.5, 0.6) is 0 Å². The lowest BCUT2D eigenvalue weighted by Crippen LogP contribution is -2.54. The standard InChI is InChI=1S/C33H40ClFN6O4/c1-18-19(2)36-28-27(22-9-8-21(34)16-24(22)35)38-26(17-41(28)29(18)42)39-11-13-40(14-12-39)30(43)33(6)20-7-10-23(33)25(15-20)37-31(44)45-32(3,4)5/h8-9,16-17,20,23,25H,7,10-15H2,1-6H3,(H,37,44)/t20?,23?,25-,33-/m1/s1. The molecule has 2 bridgehead atoms. The zero-order chi connectivity index (χ0) is 32.4. The number of fused-ring (bicyclic) bond motifs is 3. The van der Waals surface area contributed by atoms with Crippen LogP contribution in [0, 0.1) is 36.9 Å². The lowest BCUT2D eigenvalue weighted by Gasteiger charge is -2.41. The number of nitrogens with one attached hydrogen (secondary N) is 1. The monoisotopic (exact) mass is 638 g/mol. The first-order valence-electron chi connectivity index (χ1n) is 15.6. The topological polar surface area (TPSA) is 109 Å². The zero-order valence-corrected chi connectivity index (χ0v) is 27.4. The molecule has 1 saturated heterocycles. The van der Waals surface area contributed by atoms with Gasteiger partial charge in [-0.15, -0.1) is 0 Å². The number of ether oxygens (including phenoxy) is 1. The van der Waals surface area contributed by atoms with Crippen molar-refractivity contribution in [1.29, 1.82) is 0 Å². The van der Waals surface area contributed by atoms with Crippen LogP contribution in [-0.2, 0) is 9.53 Å². The van der Waals surface area contributed by atoms with Gasteiger partial charge in [0.15, 0.2) is 5.65 Å². The third kappa shape index (κ3) is 5.53. The molecular weight excluding hydrogens is 599 g/mol. The lowest BCUT2D eigenvalue weighted by atomic mass is 9.77. The summed E-state index contributed by atoms with van der Waals surface area (Å²) < 4.78 is 22.1. The Morgan fingerprint density at radius 3 is 2.49 bits per heavy atom. The molecule has 6 rings (SSSR count). The van der Waals surface area contributed by atoms with E-state index in [-0.39, 0.29) is 51.3 Å². The molecule has 2 aromatic heterocycles. The van der Waals surface area contributed by atoms with Crippen LogP contribution < -0.4 is 15.8 Å². The molecule has 3 fully saturated rings. The molecule has 2 unspecified atom stereocenters. The second-order valence-corrected chi connectivity index (χ2v) is 14.3. The summed E-state index contributed by atoms with van der Waals surface area (Å²) in [5.41, 5.74) is 0.367. The summed E-state index contributed by atoms with van der Waals surface area (Å²) in [6.07, 6.45) is 3.83. The minimum absolute atomic E-state index is 0.0469. The fraction of sp³-hybridized carbons (Fsp3) is 0.545. The van der Waals surface area contributed by atoms with Crippen LogP contribution in [0.4, 0.5) is 15.0 Å². The third-order valence-corrected chi connectivity index (χ3v) is 10.2. The summed E-state index contributed by atoms with van der Waals surface area (Å²) in [7, 11) is 0. The summed E-state index contributed by atoms with van der Waals surface area (Å²) in [5, 5.41) is 3.30. The molecule has 12 heteroatoms. The second-order valence-electron chi connectivity index (χ2n) is 13.8. The number of carbonyl (C=O) groups is 2. The molecule has 1 aromatic carbocycles. The fourth-order valence-electron chi connectivity index (χ4n) is 7.51. The van der Waals surface area contributed by atoms with Gasteiger partial charge in [0, 0.05) is 54.1 Å². The lowest BCUT2D eigenvalue weighted by molar-refractivity contribution is -0.144. The van der Waals surface area contributed by atoms with Gasteiger partial charge in [0.25, 0.3) is 5.56 Å². The number of aryl methyl sites for hydroxylation is 1. The highest BCUT2D eigenvalue weighted by Crippen LogP contribution is 2.58. The number of nitrogens with zero attached hydrogens (tertiary/aromatic N) is 5. The molecule has 1 aliphatic heterocycles. The number of rotatable bonds is 4. The van der Waals surface area contributed by atoms with E-state index in [1.165, 1.54) is 10.5 Å². The quantitative estimate of drug-likeness (QED) is 0.421. The molecule has 2 aliphatic carbocycles. The number of carbonyl (C=O) groups excluding carboxylic acids is 2. The Morgan fingerprint density at radius 1 is 1.11 bits per heavy atom. The minimum Gasteiger partial charge on any atom is -0.444 e. The molecule has 45 heavy (non-hydrogen) atoms. The maximum atomic E-state index is 15.2. The molecule has 3 aliphatic rings. The van der Waals surface area contributed by atoms with Crippen LogP contribution >= 0.6 is 11.6 Å². The molecule has 4 atom stereocenters. The third-order valence-electron chi connectivity index (χ3n) is 9.98. The van der Waals surface area contributed by atoms with E-state index >= 15 is 4.39 Å². The van der Waals surface area contributed by atoms with E-state index in [0.717, 1.165) is 19.3 Å². The van der Waals surface area contributed by atoms with E-state index in [9.17, 15) is 14.4 Å². The highest BCUT2D eigenvalue weighted by atomic mass is 35.5.